The second-order valence-corrected chi connectivity index (χ2v) is 6.48. The third-order valence-corrected chi connectivity index (χ3v) is 4.51. The molecular weight excluding hydrogens is 336 g/mol. The number of hydrogen-bond acceptors (Lipinski definition) is 3. The number of aryl methyl sites for hydroxylation is 1. The van der Waals surface area contributed by atoms with E-state index in [-0.39, 0.29) is 12.5 Å². The van der Waals surface area contributed by atoms with Gasteiger partial charge in [0.05, 0.1) is 11.0 Å². The highest BCUT2D eigenvalue weighted by Crippen LogP contribution is 2.19. The SMILES string of the molecule is Cc1cccnc1NC(=O)Cn1c(Cc2ccccc2)nc2ccccc21. The van der Waals surface area contributed by atoms with Gasteiger partial charge in [0.1, 0.15) is 18.2 Å². The van der Waals surface area contributed by atoms with Crippen LogP contribution in [0.3, 0.4) is 0 Å². The van der Waals surface area contributed by atoms with Crippen molar-refractivity contribution in [1.82, 2.24) is 14.5 Å². The Kier molecular flexibility index (Phi) is 4.66. The summed E-state index contributed by atoms with van der Waals surface area (Å²) < 4.78 is 1.98. The van der Waals surface area contributed by atoms with E-state index in [1.807, 2.05) is 66.1 Å². The van der Waals surface area contributed by atoms with Crippen molar-refractivity contribution in [3.05, 3.63) is 89.9 Å². The normalized spacial score (nSPS) is 10.9. The summed E-state index contributed by atoms with van der Waals surface area (Å²) in [5, 5.41) is 2.91. The summed E-state index contributed by atoms with van der Waals surface area (Å²) in [4.78, 5) is 21.7. The minimum absolute atomic E-state index is 0.116. The number of rotatable bonds is 5. The molecule has 0 aliphatic rings. The Labute approximate surface area is 157 Å². The van der Waals surface area contributed by atoms with Gasteiger partial charge in [0.15, 0.2) is 0 Å². The van der Waals surface area contributed by atoms with Gasteiger partial charge >= 0.3 is 0 Å². The van der Waals surface area contributed by atoms with Crippen LogP contribution in [0.4, 0.5) is 5.82 Å². The van der Waals surface area contributed by atoms with E-state index in [9.17, 15) is 4.79 Å². The largest absolute Gasteiger partial charge is 0.318 e. The standard InChI is InChI=1S/C22H20N4O/c1-16-8-7-13-23-22(16)25-21(27)15-26-19-12-6-5-11-18(19)24-20(26)14-17-9-3-2-4-10-17/h2-13H,14-15H2,1H3,(H,23,25,27). The summed E-state index contributed by atoms with van der Waals surface area (Å²) in [5.41, 5.74) is 3.95. The van der Waals surface area contributed by atoms with Crippen molar-refractivity contribution in [1.29, 1.82) is 0 Å². The number of nitrogens with one attached hydrogen (secondary N) is 1. The Morgan fingerprint density at radius 1 is 1.00 bits per heavy atom. The summed E-state index contributed by atoms with van der Waals surface area (Å²) in [6, 6.07) is 21.8. The third-order valence-electron chi connectivity index (χ3n) is 4.51. The first kappa shape index (κ1) is 17.0. The summed E-state index contributed by atoms with van der Waals surface area (Å²) in [7, 11) is 0. The van der Waals surface area contributed by atoms with Crippen molar-refractivity contribution >= 4 is 22.8 Å². The number of aromatic nitrogens is 3. The molecule has 1 amide bonds. The molecule has 2 aromatic heterocycles. The predicted octanol–water partition coefficient (Wildman–Crippen LogP) is 3.97. The molecule has 134 valence electrons. The number of amides is 1. The van der Waals surface area contributed by atoms with E-state index < -0.39 is 0 Å². The number of carbonyl (C=O) groups excluding carboxylic acids is 1. The van der Waals surface area contributed by atoms with E-state index in [4.69, 9.17) is 4.98 Å². The molecule has 5 nitrogen and oxygen atoms in total. The van der Waals surface area contributed by atoms with Gasteiger partial charge in [0.2, 0.25) is 5.91 Å². The van der Waals surface area contributed by atoms with Crippen LogP contribution in [0.25, 0.3) is 11.0 Å². The third kappa shape index (κ3) is 3.72. The van der Waals surface area contributed by atoms with Crippen LogP contribution >= 0.6 is 0 Å². The van der Waals surface area contributed by atoms with E-state index in [0.29, 0.717) is 12.2 Å². The predicted molar refractivity (Wildman–Crippen MR) is 107 cm³/mol. The monoisotopic (exact) mass is 356 g/mol. The van der Waals surface area contributed by atoms with Gasteiger partial charge < -0.3 is 9.88 Å². The summed E-state index contributed by atoms with van der Waals surface area (Å²) in [5.74, 6) is 1.35. The lowest BCUT2D eigenvalue weighted by molar-refractivity contribution is -0.116. The van der Waals surface area contributed by atoms with Gasteiger partial charge in [-0.25, -0.2) is 9.97 Å². The van der Waals surface area contributed by atoms with Crippen molar-refractivity contribution in [3.8, 4) is 0 Å². The molecule has 0 aliphatic heterocycles. The van der Waals surface area contributed by atoms with Gasteiger partial charge in [-0.1, -0.05) is 48.5 Å². The average molecular weight is 356 g/mol. The van der Waals surface area contributed by atoms with E-state index in [0.717, 1.165) is 28.0 Å². The number of hydrogen-bond donors (Lipinski definition) is 1. The first-order chi connectivity index (χ1) is 13.2. The van der Waals surface area contributed by atoms with E-state index in [1.165, 1.54) is 0 Å². The van der Waals surface area contributed by atoms with Crippen molar-refractivity contribution < 1.29 is 4.79 Å². The smallest absolute Gasteiger partial charge is 0.245 e. The fourth-order valence-corrected chi connectivity index (χ4v) is 3.15. The number of nitrogens with zero attached hydrogens (tertiary/aromatic N) is 3. The van der Waals surface area contributed by atoms with Crippen LogP contribution in [0.15, 0.2) is 72.9 Å². The number of pyridine rings is 1. The maximum absolute atomic E-state index is 12.7. The summed E-state index contributed by atoms with van der Waals surface area (Å²) in [6.45, 7) is 2.12. The summed E-state index contributed by atoms with van der Waals surface area (Å²) in [6.07, 6.45) is 2.35. The Morgan fingerprint density at radius 2 is 1.78 bits per heavy atom. The van der Waals surface area contributed by atoms with Gasteiger partial charge in [-0.3, -0.25) is 4.79 Å². The molecule has 2 aromatic carbocycles. The molecule has 4 aromatic rings. The first-order valence-electron chi connectivity index (χ1n) is 8.90. The number of benzene rings is 2. The Balaban J connectivity index is 1.64. The lowest BCUT2D eigenvalue weighted by Crippen LogP contribution is -2.21. The number of para-hydroxylation sites is 2. The molecule has 1 N–H and O–H groups in total. The quantitative estimate of drug-likeness (QED) is 0.589. The molecule has 0 radical (unpaired) electrons. The molecule has 0 aliphatic carbocycles. The molecule has 0 saturated heterocycles. The van der Waals surface area contributed by atoms with Crippen molar-refractivity contribution in [3.63, 3.8) is 0 Å². The number of imidazole rings is 1. The van der Waals surface area contributed by atoms with Crippen LogP contribution in [0.2, 0.25) is 0 Å². The molecule has 0 bridgehead atoms. The Bertz CT molecular complexity index is 1090. The lowest BCUT2D eigenvalue weighted by atomic mass is 10.1. The summed E-state index contributed by atoms with van der Waals surface area (Å²) >= 11 is 0. The number of fused-ring (bicyclic) bond motifs is 1. The highest BCUT2D eigenvalue weighted by Gasteiger charge is 2.15. The van der Waals surface area contributed by atoms with Crippen LogP contribution in [0.5, 0.6) is 0 Å². The molecule has 5 heteroatoms. The molecule has 0 fully saturated rings. The van der Waals surface area contributed by atoms with Crippen molar-refractivity contribution in [2.45, 2.75) is 19.9 Å². The number of anilines is 1. The van der Waals surface area contributed by atoms with Crippen LogP contribution in [0, 0.1) is 6.92 Å². The molecule has 27 heavy (non-hydrogen) atoms. The molecular formula is C22H20N4O. The molecule has 0 atom stereocenters. The molecule has 4 rings (SSSR count). The minimum atomic E-state index is -0.116. The second-order valence-electron chi connectivity index (χ2n) is 6.48. The zero-order valence-electron chi connectivity index (χ0n) is 15.1. The van der Waals surface area contributed by atoms with Crippen molar-refractivity contribution in [2.75, 3.05) is 5.32 Å². The minimum Gasteiger partial charge on any atom is -0.318 e. The second kappa shape index (κ2) is 7.41. The first-order valence-corrected chi connectivity index (χ1v) is 8.90. The van der Waals surface area contributed by atoms with Gasteiger partial charge in [-0.2, -0.15) is 0 Å². The maximum atomic E-state index is 12.7. The fraction of sp³-hybridized carbons (Fsp3) is 0.136. The zero-order valence-corrected chi connectivity index (χ0v) is 15.1. The fourth-order valence-electron chi connectivity index (χ4n) is 3.15. The molecule has 0 saturated carbocycles. The number of carbonyl (C=O) groups is 1. The van der Waals surface area contributed by atoms with Crippen LogP contribution in [0.1, 0.15) is 17.0 Å². The molecule has 0 unspecified atom stereocenters. The van der Waals surface area contributed by atoms with Crippen molar-refractivity contribution in [2.24, 2.45) is 0 Å². The Hall–Kier alpha value is -3.47. The van der Waals surface area contributed by atoms with Gasteiger partial charge in [-0.05, 0) is 36.2 Å². The van der Waals surface area contributed by atoms with Gasteiger partial charge in [0, 0.05) is 12.6 Å². The highest BCUT2D eigenvalue weighted by molar-refractivity contribution is 5.91. The average Bonchev–Trinajstić information content (AvgIpc) is 3.02. The Morgan fingerprint density at radius 3 is 2.59 bits per heavy atom. The van der Waals surface area contributed by atoms with E-state index >= 15 is 0 Å². The van der Waals surface area contributed by atoms with Gasteiger partial charge in [-0.15, -0.1) is 0 Å². The topological polar surface area (TPSA) is 59.8 Å². The maximum Gasteiger partial charge on any atom is 0.245 e. The van der Waals surface area contributed by atoms with Gasteiger partial charge in [0.25, 0.3) is 0 Å². The van der Waals surface area contributed by atoms with Crippen LogP contribution < -0.4 is 5.32 Å². The molecule has 2 heterocycles. The molecule has 0 spiro atoms. The zero-order chi connectivity index (χ0) is 18.6. The van der Waals surface area contributed by atoms with E-state index in [1.54, 1.807) is 6.20 Å². The highest BCUT2D eigenvalue weighted by atomic mass is 16.2. The lowest BCUT2D eigenvalue weighted by Gasteiger charge is -2.11. The van der Waals surface area contributed by atoms with E-state index in [2.05, 4.69) is 22.4 Å². The van der Waals surface area contributed by atoms with Crippen LogP contribution in [-0.4, -0.2) is 20.4 Å². The van der Waals surface area contributed by atoms with Crippen LogP contribution in [-0.2, 0) is 17.8 Å².